The zero-order valence-corrected chi connectivity index (χ0v) is 15.1. The highest BCUT2D eigenvalue weighted by Crippen LogP contribution is 2.30. The van der Waals surface area contributed by atoms with E-state index in [2.05, 4.69) is 4.98 Å². The Morgan fingerprint density at radius 2 is 1.93 bits per heavy atom. The zero-order valence-electron chi connectivity index (χ0n) is 15.1. The normalized spacial score (nSPS) is 17.9. The fraction of sp³-hybridized carbons (Fsp3) is 0.381. The third-order valence-corrected chi connectivity index (χ3v) is 5.42. The molecule has 0 bridgehead atoms. The minimum atomic E-state index is -0.0537. The lowest BCUT2D eigenvalue weighted by Gasteiger charge is -2.25. The van der Waals surface area contributed by atoms with Gasteiger partial charge in [0.15, 0.2) is 5.89 Å². The van der Waals surface area contributed by atoms with Gasteiger partial charge in [0.1, 0.15) is 17.1 Å². The van der Waals surface area contributed by atoms with Gasteiger partial charge in [-0.2, -0.15) is 0 Å². The molecule has 0 radical (unpaired) electrons. The molecule has 6 heteroatoms. The van der Waals surface area contributed by atoms with Crippen molar-refractivity contribution in [3.8, 4) is 0 Å². The maximum absolute atomic E-state index is 13.0. The van der Waals surface area contributed by atoms with Gasteiger partial charge >= 0.3 is 0 Å². The molecule has 3 aromatic rings. The third kappa shape index (κ3) is 3.10. The molecular formula is C21H21N3O3. The SMILES string of the molecule is O=C(c1ccc2ccccc2n1)N1CCc2oc(C3CCOCC3)nc2C1. The minimum Gasteiger partial charge on any atom is -0.445 e. The van der Waals surface area contributed by atoms with Gasteiger partial charge in [0.25, 0.3) is 5.91 Å². The second kappa shape index (κ2) is 6.78. The summed E-state index contributed by atoms with van der Waals surface area (Å²) >= 11 is 0. The zero-order chi connectivity index (χ0) is 18.2. The van der Waals surface area contributed by atoms with Crippen molar-refractivity contribution >= 4 is 16.8 Å². The predicted molar refractivity (Wildman–Crippen MR) is 99.5 cm³/mol. The molecule has 2 aliphatic heterocycles. The molecule has 2 aromatic heterocycles. The second-order valence-electron chi connectivity index (χ2n) is 7.17. The number of carbonyl (C=O) groups is 1. The lowest BCUT2D eigenvalue weighted by atomic mass is 10.0. The van der Waals surface area contributed by atoms with Gasteiger partial charge < -0.3 is 14.1 Å². The van der Waals surface area contributed by atoms with Crippen LogP contribution in [0.4, 0.5) is 0 Å². The maximum Gasteiger partial charge on any atom is 0.272 e. The molecule has 0 saturated carbocycles. The van der Waals surface area contributed by atoms with Crippen LogP contribution in [0.3, 0.4) is 0 Å². The van der Waals surface area contributed by atoms with E-state index in [0.717, 1.165) is 54.3 Å². The number of ether oxygens (including phenoxy) is 1. The van der Waals surface area contributed by atoms with Crippen LogP contribution in [0.5, 0.6) is 0 Å². The van der Waals surface area contributed by atoms with Crippen molar-refractivity contribution in [1.29, 1.82) is 0 Å². The number of benzene rings is 1. The molecule has 4 heterocycles. The molecule has 5 rings (SSSR count). The van der Waals surface area contributed by atoms with Gasteiger partial charge in [-0.1, -0.05) is 24.3 Å². The summed E-state index contributed by atoms with van der Waals surface area (Å²) in [4.78, 5) is 24.0. The molecule has 0 aliphatic carbocycles. The van der Waals surface area contributed by atoms with E-state index in [4.69, 9.17) is 14.1 Å². The van der Waals surface area contributed by atoms with Gasteiger partial charge in [0.05, 0.1) is 12.1 Å². The van der Waals surface area contributed by atoms with Crippen molar-refractivity contribution in [2.45, 2.75) is 31.7 Å². The van der Waals surface area contributed by atoms with Crippen LogP contribution < -0.4 is 0 Å². The van der Waals surface area contributed by atoms with Crippen LogP contribution in [-0.4, -0.2) is 40.5 Å². The van der Waals surface area contributed by atoms with Crippen molar-refractivity contribution in [2.75, 3.05) is 19.8 Å². The molecule has 6 nitrogen and oxygen atoms in total. The first-order valence-corrected chi connectivity index (χ1v) is 9.49. The van der Waals surface area contributed by atoms with E-state index in [9.17, 15) is 4.79 Å². The van der Waals surface area contributed by atoms with Crippen molar-refractivity contribution in [3.63, 3.8) is 0 Å². The smallest absolute Gasteiger partial charge is 0.272 e. The van der Waals surface area contributed by atoms with Crippen molar-refractivity contribution in [2.24, 2.45) is 0 Å². The molecule has 138 valence electrons. The molecule has 1 amide bonds. The molecule has 1 fully saturated rings. The molecule has 1 saturated heterocycles. The van der Waals surface area contributed by atoms with Gasteiger partial charge in [-0.05, 0) is 25.0 Å². The number of carbonyl (C=O) groups excluding carboxylic acids is 1. The molecule has 0 atom stereocenters. The highest BCUT2D eigenvalue weighted by atomic mass is 16.5. The summed E-state index contributed by atoms with van der Waals surface area (Å²) in [6, 6.07) is 11.6. The standard InChI is InChI=1S/C21H21N3O3/c25-21(17-6-5-14-3-1-2-4-16(14)22-17)24-10-7-19-18(13-24)23-20(27-19)15-8-11-26-12-9-15/h1-6,15H,7-13H2. The van der Waals surface area contributed by atoms with Crippen molar-refractivity contribution < 1.29 is 13.9 Å². The van der Waals surface area contributed by atoms with E-state index in [1.165, 1.54) is 0 Å². The van der Waals surface area contributed by atoms with Gasteiger partial charge in [0.2, 0.25) is 0 Å². The number of amides is 1. The maximum atomic E-state index is 13.0. The molecule has 0 unspecified atom stereocenters. The van der Waals surface area contributed by atoms with Gasteiger partial charge in [-0.3, -0.25) is 4.79 Å². The lowest BCUT2D eigenvalue weighted by molar-refractivity contribution is 0.0720. The number of nitrogens with zero attached hydrogens (tertiary/aromatic N) is 3. The van der Waals surface area contributed by atoms with Gasteiger partial charge in [0, 0.05) is 37.5 Å². The van der Waals surface area contributed by atoms with E-state index < -0.39 is 0 Å². The average molecular weight is 363 g/mol. The number of pyridine rings is 1. The predicted octanol–water partition coefficient (Wildman–Crippen LogP) is 3.32. The monoisotopic (exact) mass is 363 g/mol. The number of para-hydroxylation sites is 1. The first kappa shape index (κ1) is 16.4. The summed E-state index contributed by atoms with van der Waals surface area (Å²) in [5.41, 5.74) is 2.20. The van der Waals surface area contributed by atoms with Crippen LogP contribution >= 0.6 is 0 Å². The average Bonchev–Trinajstić information content (AvgIpc) is 3.17. The Balaban J connectivity index is 1.36. The van der Waals surface area contributed by atoms with Crippen molar-refractivity contribution in [1.82, 2.24) is 14.9 Å². The van der Waals surface area contributed by atoms with Crippen LogP contribution in [0, 0.1) is 0 Å². The minimum absolute atomic E-state index is 0.0537. The number of hydrogen-bond donors (Lipinski definition) is 0. The molecule has 27 heavy (non-hydrogen) atoms. The molecular weight excluding hydrogens is 342 g/mol. The Kier molecular flexibility index (Phi) is 4.13. The first-order chi connectivity index (χ1) is 13.3. The summed E-state index contributed by atoms with van der Waals surface area (Å²) in [5, 5.41) is 1.03. The van der Waals surface area contributed by atoms with E-state index >= 15 is 0 Å². The van der Waals surface area contributed by atoms with E-state index in [1.807, 2.05) is 35.2 Å². The van der Waals surface area contributed by atoms with E-state index in [1.54, 1.807) is 6.07 Å². The van der Waals surface area contributed by atoms with Crippen LogP contribution in [0.15, 0.2) is 40.8 Å². The molecule has 1 aromatic carbocycles. The Labute approximate surface area is 157 Å². The highest BCUT2D eigenvalue weighted by molar-refractivity contribution is 5.95. The summed E-state index contributed by atoms with van der Waals surface area (Å²) in [6.07, 6.45) is 2.59. The second-order valence-corrected chi connectivity index (χ2v) is 7.17. The number of rotatable bonds is 2. The molecule has 0 spiro atoms. The number of aromatic nitrogens is 2. The lowest BCUT2D eigenvalue weighted by Crippen LogP contribution is -2.36. The van der Waals surface area contributed by atoms with Crippen LogP contribution in [0.1, 0.15) is 46.6 Å². The quantitative estimate of drug-likeness (QED) is 0.699. The number of hydrogen-bond acceptors (Lipinski definition) is 5. The van der Waals surface area contributed by atoms with Crippen LogP contribution in [-0.2, 0) is 17.7 Å². The van der Waals surface area contributed by atoms with Gasteiger partial charge in [-0.25, -0.2) is 9.97 Å². The van der Waals surface area contributed by atoms with E-state index in [0.29, 0.717) is 31.1 Å². The van der Waals surface area contributed by atoms with Crippen LogP contribution in [0.2, 0.25) is 0 Å². The van der Waals surface area contributed by atoms with Crippen molar-refractivity contribution in [3.05, 3.63) is 59.4 Å². The largest absolute Gasteiger partial charge is 0.445 e. The highest BCUT2D eigenvalue weighted by Gasteiger charge is 2.29. The van der Waals surface area contributed by atoms with Gasteiger partial charge in [-0.15, -0.1) is 0 Å². The fourth-order valence-corrected chi connectivity index (χ4v) is 3.86. The van der Waals surface area contributed by atoms with E-state index in [-0.39, 0.29) is 5.91 Å². The number of fused-ring (bicyclic) bond motifs is 2. The molecule has 0 N–H and O–H groups in total. The summed E-state index contributed by atoms with van der Waals surface area (Å²) < 4.78 is 11.4. The fourth-order valence-electron chi connectivity index (χ4n) is 3.86. The third-order valence-electron chi connectivity index (χ3n) is 5.42. The Morgan fingerprint density at radius 1 is 1.07 bits per heavy atom. The van der Waals surface area contributed by atoms with Crippen LogP contribution in [0.25, 0.3) is 10.9 Å². The topological polar surface area (TPSA) is 68.5 Å². The summed E-state index contributed by atoms with van der Waals surface area (Å²) in [5.74, 6) is 2.01. The Bertz CT molecular complexity index is 991. The summed E-state index contributed by atoms with van der Waals surface area (Å²) in [7, 11) is 0. The Hall–Kier alpha value is -2.73. The first-order valence-electron chi connectivity index (χ1n) is 9.49. The number of oxazole rings is 1. The molecule has 2 aliphatic rings. The summed E-state index contributed by atoms with van der Waals surface area (Å²) in [6.45, 7) is 2.63. The Morgan fingerprint density at radius 3 is 2.81 bits per heavy atom.